The van der Waals surface area contributed by atoms with E-state index in [4.69, 9.17) is 4.74 Å². The molecule has 2 aliphatic heterocycles. The van der Waals surface area contributed by atoms with Crippen LogP contribution in [0.2, 0.25) is 0 Å². The topological polar surface area (TPSA) is 70.4 Å². The first-order valence-corrected chi connectivity index (χ1v) is 10.6. The number of nitriles is 1. The molecule has 0 saturated carbocycles. The Kier molecular flexibility index (Phi) is 5.85. The molecular formula is C25H26N2O3. The van der Waals surface area contributed by atoms with Gasteiger partial charge in [-0.1, -0.05) is 42.5 Å². The largest absolute Gasteiger partial charge is 0.445 e. The molecule has 1 amide bonds. The van der Waals surface area contributed by atoms with Crippen LogP contribution in [0.1, 0.15) is 59.2 Å². The summed E-state index contributed by atoms with van der Waals surface area (Å²) in [5, 5.41) is 9.28. The van der Waals surface area contributed by atoms with E-state index in [0.717, 1.165) is 30.4 Å². The van der Waals surface area contributed by atoms with Crippen LogP contribution in [0.5, 0.6) is 0 Å². The fourth-order valence-corrected chi connectivity index (χ4v) is 4.82. The molecule has 4 rings (SSSR count). The maximum absolute atomic E-state index is 13.2. The van der Waals surface area contributed by atoms with E-state index in [-0.39, 0.29) is 36.5 Å². The second kappa shape index (κ2) is 8.71. The summed E-state index contributed by atoms with van der Waals surface area (Å²) in [6.45, 7) is 2.13. The summed E-state index contributed by atoms with van der Waals surface area (Å²) < 4.78 is 5.59. The SMILES string of the molecule is Cc1ccc(C(=O)C2CC3CCCC(C2)N3C(=O)OCc2ccccc2)cc1C#N. The number of Topliss-reactive ketones (excluding diaryl/α,β-unsaturated/α-hetero) is 1. The van der Waals surface area contributed by atoms with Crippen molar-refractivity contribution in [3.8, 4) is 6.07 Å². The second-order valence-corrected chi connectivity index (χ2v) is 8.36. The lowest BCUT2D eigenvalue weighted by Crippen LogP contribution is -2.55. The van der Waals surface area contributed by atoms with Crippen molar-refractivity contribution in [3.63, 3.8) is 0 Å². The van der Waals surface area contributed by atoms with Crippen LogP contribution in [0.15, 0.2) is 48.5 Å². The summed E-state index contributed by atoms with van der Waals surface area (Å²) in [4.78, 5) is 27.9. The Bertz CT molecular complexity index is 966. The molecule has 0 aliphatic carbocycles. The molecule has 0 aromatic heterocycles. The van der Waals surface area contributed by atoms with E-state index in [1.54, 1.807) is 6.07 Å². The third-order valence-corrected chi connectivity index (χ3v) is 6.40. The van der Waals surface area contributed by atoms with Crippen LogP contribution < -0.4 is 0 Å². The zero-order valence-electron chi connectivity index (χ0n) is 17.2. The number of ether oxygens (including phenoxy) is 1. The molecule has 2 saturated heterocycles. The van der Waals surface area contributed by atoms with Crippen LogP contribution in [-0.2, 0) is 11.3 Å². The Hall–Kier alpha value is -3.13. The third-order valence-electron chi connectivity index (χ3n) is 6.40. The molecule has 0 spiro atoms. The van der Waals surface area contributed by atoms with Gasteiger partial charge in [-0.2, -0.15) is 5.26 Å². The molecule has 2 aromatic rings. The van der Waals surface area contributed by atoms with Crippen LogP contribution in [0.4, 0.5) is 4.79 Å². The molecule has 2 aliphatic rings. The van der Waals surface area contributed by atoms with Crippen molar-refractivity contribution in [2.45, 2.75) is 57.7 Å². The summed E-state index contributed by atoms with van der Waals surface area (Å²) in [5.41, 5.74) is 2.99. The first-order chi connectivity index (χ1) is 14.6. The molecule has 5 heteroatoms. The standard InChI is InChI=1S/C25H26N2O3/c1-17-10-11-19(12-21(17)15-26)24(28)20-13-22-8-5-9-23(14-20)27(22)25(29)30-16-18-6-3-2-4-7-18/h2-4,6-7,10-12,20,22-23H,5,8-9,13-14,16H2,1H3. The monoisotopic (exact) mass is 402 g/mol. The number of carbonyl (C=O) groups is 2. The predicted octanol–water partition coefficient (Wildman–Crippen LogP) is 5.02. The van der Waals surface area contributed by atoms with Gasteiger partial charge in [0, 0.05) is 23.6 Å². The highest BCUT2D eigenvalue weighted by Gasteiger charge is 2.43. The maximum Gasteiger partial charge on any atom is 0.410 e. The Labute approximate surface area is 177 Å². The molecule has 2 aromatic carbocycles. The fraction of sp³-hybridized carbons (Fsp3) is 0.400. The number of aryl methyl sites for hydroxylation is 1. The minimum absolute atomic E-state index is 0.0376. The van der Waals surface area contributed by atoms with Gasteiger partial charge in [0.25, 0.3) is 0 Å². The highest BCUT2D eigenvalue weighted by molar-refractivity contribution is 5.98. The van der Waals surface area contributed by atoms with Gasteiger partial charge in [-0.05, 0) is 56.2 Å². The van der Waals surface area contributed by atoms with Gasteiger partial charge in [0.2, 0.25) is 0 Å². The Morgan fingerprint density at radius 1 is 1.10 bits per heavy atom. The zero-order chi connectivity index (χ0) is 21.1. The fourth-order valence-electron chi connectivity index (χ4n) is 4.82. The van der Waals surface area contributed by atoms with E-state index < -0.39 is 0 Å². The van der Waals surface area contributed by atoms with Gasteiger partial charge in [-0.3, -0.25) is 4.79 Å². The van der Waals surface area contributed by atoms with Crippen molar-refractivity contribution in [3.05, 3.63) is 70.8 Å². The molecule has 154 valence electrons. The molecule has 0 radical (unpaired) electrons. The number of hydrogen-bond donors (Lipinski definition) is 0. The Morgan fingerprint density at radius 3 is 2.47 bits per heavy atom. The number of nitrogens with zero attached hydrogens (tertiary/aromatic N) is 2. The second-order valence-electron chi connectivity index (χ2n) is 8.36. The number of piperidine rings is 2. The number of amides is 1. The van der Waals surface area contributed by atoms with Gasteiger partial charge in [-0.15, -0.1) is 0 Å². The minimum atomic E-state index is -0.276. The molecule has 2 unspecified atom stereocenters. The average molecular weight is 402 g/mol. The summed E-state index contributed by atoms with van der Waals surface area (Å²) in [6, 6.07) is 17.3. The molecule has 30 heavy (non-hydrogen) atoms. The Balaban J connectivity index is 1.45. The van der Waals surface area contributed by atoms with Gasteiger partial charge in [-0.25, -0.2) is 4.79 Å². The minimum Gasteiger partial charge on any atom is -0.445 e. The van der Waals surface area contributed by atoms with Gasteiger partial charge >= 0.3 is 6.09 Å². The van der Waals surface area contributed by atoms with E-state index in [9.17, 15) is 14.9 Å². The lowest BCUT2D eigenvalue weighted by Gasteiger charge is -2.47. The van der Waals surface area contributed by atoms with Crippen molar-refractivity contribution < 1.29 is 14.3 Å². The van der Waals surface area contributed by atoms with Crippen LogP contribution in [0, 0.1) is 24.2 Å². The van der Waals surface area contributed by atoms with Gasteiger partial charge in [0.15, 0.2) is 5.78 Å². The zero-order valence-corrected chi connectivity index (χ0v) is 17.2. The van der Waals surface area contributed by atoms with Crippen molar-refractivity contribution in [2.75, 3.05) is 0 Å². The molecule has 0 N–H and O–H groups in total. The van der Waals surface area contributed by atoms with Gasteiger partial charge < -0.3 is 9.64 Å². The average Bonchev–Trinajstić information content (AvgIpc) is 2.77. The quantitative estimate of drug-likeness (QED) is 0.673. The number of rotatable bonds is 4. The van der Waals surface area contributed by atoms with Crippen LogP contribution in [-0.4, -0.2) is 28.9 Å². The van der Waals surface area contributed by atoms with Crippen molar-refractivity contribution in [1.29, 1.82) is 5.26 Å². The van der Waals surface area contributed by atoms with Crippen LogP contribution >= 0.6 is 0 Å². The summed E-state index contributed by atoms with van der Waals surface area (Å²) in [6.07, 6.45) is 3.91. The molecular weight excluding hydrogens is 376 g/mol. The van der Waals surface area contributed by atoms with E-state index in [0.29, 0.717) is 24.0 Å². The number of carbonyl (C=O) groups excluding carboxylic acids is 2. The van der Waals surface area contributed by atoms with Crippen LogP contribution in [0.25, 0.3) is 0 Å². The summed E-state index contributed by atoms with van der Waals surface area (Å²) >= 11 is 0. The first kappa shape index (κ1) is 20.2. The number of ketones is 1. The first-order valence-electron chi connectivity index (χ1n) is 10.6. The van der Waals surface area contributed by atoms with Crippen LogP contribution in [0.3, 0.4) is 0 Å². The maximum atomic E-state index is 13.2. The highest BCUT2D eigenvalue weighted by Crippen LogP contribution is 2.39. The summed E-state index contributed by atoms with van der Waals surface area (Å²) in [5.74, 6) is -0.0339. The smallest absolute Gasteiger partial charge is 0.410 e. The normalized spacial score (nSPS) is 22.8. The molecule has 2 bridgehead atoms. The van der Waals surface area contributed by atoms with E-state index in [1.807, 2.05) is 54.3 Å². The lowest BCUT2D eigenvalue weighted by atomic mass is 9.75. The number of hydrogen-bond acceptors (Lipinski definition) is 4. The van der Waals surface area contributed by atoms with Crippen molar-refractivity contribution in [1.82, 2.24) is 4.90 Å². The van der Waals surface area contributed by atoms with Gasteiger partial charge in [0.05, 0.1) is 11.6 Å². The molecule has 2 heterocycles. The molecule has 5 nitrogen and oxygen atoms in total. The van der Waals surface area contributed by atoms with Gasteiger partial charge in [0.1, 0.15) is 6.61 Å². The van der Waals surface area contributed by atoms with E-state index in [2.05, 4.69) is 6.07 Å². The highest BCUT2D eigenvalue weighted by atomic mass is 16.6. The molecule has 2 fully saturated rings. The summed E-state index contributed by atoms with van der Waals surface area (Å²) in [7, 11) is 0. The lowest BCUT2D eigenvalue weighted by molar-refractivity contribution is 0.00473. The van der Waals surface area contributed by atoms with Crippen molar-refractivity contribution >= 4 is 11.9 Å². The number of benzene rings is 2. The van der Waals surface area contributed by atoms with E-state index in [1.165, 1.54) is 0 Å². The third kappa shape index (κ3) is 4.09. The van der Waals surface area contributed by atoms with E-state index >= 15 is 0 Å². The van der Waals surface area contributed by atoms with Crippen molar-refractivity contribution in [2.24, 2.45) is 5.92 Å². The number of fused-ring (bicyclic) bond motifs is 2. The molecule has 2 atom stereocenters. The Morgan fingerprint density at radius 2 is 1.80 bits per heavy atom. The predicted molar refractivity (Wildman–Crippen MR) is 113 cm³/mol.